The van der Waals surface area contributed by atoms with Gasteiger partial charge in [0, 0.05) is 19.2 Å². The number of carbonyl (C=O) groups is 2. The Hall–Kier alpha value is -3.46. The SMILES string of the molecule is O=C(CSc1nc(CC(=O)NCCc2ccccc2)cc(=O)[nH]1)NCc1ccc(F)cc1. The van der Waals surface area contributed by atoms with Gasteiger partial charge in [-0.1, -0.05) is 54.2 Å². The van der Waals surface area contributed by atoms with Gasteiger partial charge in [0.05, 0.1) is 17.9 Å². The number of nitrogens with zero attached hydrogens (tertiary/aromatic N) is 1. The molecule has 2 amide bonds. The fraction of sp³-hybridized carbons (Fsp3) is 0.217. The van der Waals surface area contributed by atoms with Crippen molar-refractivity contribution < 1.29 is 14.0 Å². The van der Waals surface area contributed by atoms with Crippen LogP contribution in [0.25, 0.3) is 0 Å². The maximum atomic E-state index is 12.9. The van der Waals surface area contributed by atoms with E-state index < -0.39 is 0 Å². The van der Waals surface area contributed by atoms with E-state index in [2.05, 4.69) is 20.6 Å². The Bertz CT molecular complexity index is 1100. The van der Waals surface area contributed by atoms with Crippen molar-refractivity contribution in [2.24, 2.45) is 0 Å². The van der Waals surface area contributed by atoms with Gasteiger partial charge in [0.1, 0.15) is 5.82 Å². The molecule has 0 fully saturated rings. The summed E-state index contributed by atoms with van der Waals surface area (Å²) in [5.41, 5.74) is 1.84. The minimum Gasteiger partial charge on any atom is -0.355 e. The quantitative estimate of drug-likeness (QED) is 0.322. The molecule has 2 aromatic carbocycles. The minimum atomic E-state index is -0.388. The summed E-state index contributed by atoms with van der Waals surface area (Å²) < 4.78 is 12.9. The van der Waals surface area contributed by atoms with E-state index in [9.17, 15) is 18.8 Å². The van der Waals surface area contributed by atoms with E-state index in [1.165, 1.54) is 18.2 Å². The summed E-state index contributed by atoms with van der Waals surface area (Å²) >= 11 is 1.07. The zero-order chi connectivity index (χ0) is 22.8. The number of rotatable bonds is 10. The van der Waals surface area contributed by atoms with E-state index in [0.29, 0.717) is 18.7 Å². The third-order valence-corrected chi connectivity index (χ3v) is 5.31. The third kappa shape index (κ3) is 7.99. The second kappa shape index (κ2) is 11.8. The molecule has 0 saturated heterocycles. The maximum Gasteiger partial charge on any atom is 0.251 e. The standard InChI is InChI=1S/C23H23FN4O3S/c24-18-8-6-17(7-9-18)14-26-22(31)15-32-23-27-19(13-21(30)28-23)12-20(29)25-11-10-16-4-2-1-3-5-16/h1-9,13H,10-12,14-15H2,(H,25,29)(H,26,31)(H,27,28,30). The summed E-state index contributed by atoms with van der Waals surface area (Å²) in [6.45, 7) is 0.759. The van der Waals surface area contributed by atoms with E-state index in [1.54, 1.807) is 12.1 Å². The summed E-state index contributed by atoms with van der Waals surface area (Å²) in [7, 11) is 0. The molecule has 3 aromatic rings. The molecule has 166 valence electrons. The van der Waals surface area contributed by atoms with Crippen LogP contribution in [0.15, 0.2) is 70.6 Å². The number of aromatic nitrogens is 2. The number of amides is 2. The molecule has 0 saturated carbocycles. The molecule has 0 aliphatic carbocycles. The molecule has 0 bridgehead atoms. The summed E-state index contributed by atoms with van der Waals surface area (Å²) in [6, 6.07) is 16.9. The molecule has 7 nitrogen and oxygen atoms in total. The highest BCUT2D eigenvalue weighted by atomic mass is 32.2. The molecule has 3 rings (SSSR count). The third-order valence-electron chi connectivity index (χ3n) is 4.44. The van der Waals surface area contributed by atoms with Crippen LogP contribution >= 0.6 is 11.8 Å². The first kappa shape index (κ1) is 23.2. The lowest BCUT2D eigenvalue weighted by Gasteiger charge is -2.07. The van der Waals surface area contributed by atoms with Gasteiger partial charge in [-0.05, 0) is 29.7 Å². The van der Waals surface area contributed by atoms with Crippen molar-refractivity contribution >= 4 is 23.6 Å². The van der Waals surface area contributed by atoms with E-state index in [1.807, 2.05) is 30.3 Å². The van der Waals surface area contributed by atoms with Crippen LogP contribution in [0.4, 0.5) is 4.39 Å². The lowest BCUT2D eigenvalue weighted by Crippen LogP contribution is -2.28. The average molecular weight is 455 g/mol. The Balaban J connectivity index is 1.44. The number of hydrogen-bond acceptors (Lipinski definition) is 5. The van der Waals surface area contributed by atoms with Gasteiger partial charge in [0.25, 0.3) is 5.56 Å². The second-order valence-electron chi connectivity index (χ2n) is 7.00. The Morgan fingerprint density at radius 1 is 0.969 bits per heavy atom. The van der Waals surface area contributed by atoms with Crippen LogP contribution in [0, 0.1) is 5.82 Å². The molecular formula is C23H23FN4O3S. The topological polar surface area (TPSA) is 104 Å². The van der Waals surface area contributed by atoms with E-state index >= 15 is 0 Å². The maximum absolute atomic E-state index is 12.9. The zero-order valence-electron chi connectivity index (χ0n) is 17.3. The lowest BCUT2D eigenvalue weighted by molar-refractivity contribution is -0.120. The largest absolute Gasteiger partial charge is 0.355 e. The van der Waals surface area contributed by atoms with Gasteiger partial charge in [0.2, 0.25) is 11.8 Å². The van der Waals surface area contributed by atoms with Gasteiger partial charge < -0.3 is 15.6 Å². The van der Waals surface area contributed by atoms with Gasteiger partial charge >= 0.3 is 0 Å². The Labute approximate surface area is 188 Å². The van der Waals surface area contributed by atoms with Crippen LogP contribution in [0.1, 0.15) is 16.8 Å². The first-order valence-corrected chi connectivity index (χ1v) is 11.0. The molecule has 0 radical (unpaired) electrons. The van der Waals surface area contributed by atoms with Gasteiger partial charge in [-0.2, -0.15) is 0 Å². The summed E-state index contributed by atoms with van der Waals surface area (Å²) in [5.74, 6) is -0.787. The predicted octanol–water partition coefficient (Wildman–Crippen LogP) is 2.22. The Morgan fingerprint density at radius 3 is 2.47 bits per heavy atom. The molecule has 32 heavy (non-hydrogen) atoms. The second-order valence-corrected chi connectivity index (χ2v) is 7.96. The molecule has 9 heteroatoms. The van der Waals surface area contributed by atoms with Crippen LogP contribution < -0.4 is 16.2 Å². The number of aromatic amines is 1. The van der Waals surface area contributed by atoms with Crippen LogP contribution in [-0.4, -0.2) is 34.1 Å². The number of nitrogens with one attached hydrogen (secondary N) is 3. The molecular weight excluding hydrogens is 431 g/mol. The van der Waals surface area contributed by atoms with Crippen molar-refractivity contribution in [3.05, 3.63) is 93.7 Å². The van der Waals surface area contributed by atoms with E-state index in [4.69, 9.17) is 0 Å². The van der Waals surface area contributed by atoms with E-state index in [0.717, 1.165) is 22.9 Å². The molecule has 0 unspecified atom stereocenters. The van der Waals surface area contributed by atoms with Crippen molar-refractivity contribution in [3.8, 4) is 0 Å². The van der Waals surface area contributed by atoms with Crippen molar-refractivity contribution in [1.82, 2.24) is 20.6 Å². The van der Waals surface area contributed by atoms with Gasteiger partial charge in [-0.15, -0.1) is 0 Å². The van der Waals surface area contributed by atoms with Crippen molar-refractivity contribution in [1.29, 1.82) is 0 Å². The van der Waals surface area contributed by atoms with Crippen molar-refractivity contribution in [2.75, 3.05) is 12.3 Å². The summed E-state index contributed by atoms with van der Waals surface area (Å²) in [4.78, 5) is 43.0. The van der Waals surface area contributed by atoms with Gasteiger partial charge in [0.15, 0.2) is 5.16 Å². The van der Waals surface area contributed by atoms with Crippen LogP contribution in [-0.2, 0) is 29.0 Å². The number of thioether (sulfide) groups is 1. The Kier molecular flexibility index (Phi) is 8.56. The van der Waals surface area contributed by atoms with Crippen molar-refractivity contribution in [2.45, 2.75) is 24.5 Å². The summed E-state index contributed by atoms with van der Waals surface area (Å²) in [5, 5.41) is 5.80. The molecule has 0 spiro atoms. The first-order valence-electron chi connectivity index (χ1n) is 10.0. The minimum absolute atomic E-state index is 0.0248. The molecule has 1 aromatic heterocycles. The number of benzene rings is 2. The molecule has 3 N–H and O–H groups in total. The fourth-order valence-corrected chi connectivity index (χ4v) is 3.57. The fourth-order valence-electron chi connectivity index (χ4n) is 2.85. The molecule has 1 heterocycles. The van der Waals surface area contributed by atoms with Gasteiger partial charge in [-0.3, -0.25) is 14.4 Å². The molecule has 0 aliphatic heterocycles. The summed E-state index contributed by atoms with van der Waals surface area (Å²) in [6.07, 6.45) is 0.687. The smallest absolute Gasteiger partial charge is 0.251 e. The number of hydrogen-bond donors (Lipinski definition) is 3. The predicted molar refractivity (Wildman–Crippen MR) is 121 cm³/mol. The van der Waals surface area contributed by atoms with E-state index in [-0.39, 0.29) is 47.1 Å². The highest BCUT2D eigenvalue weighted by molar-refractivity contribution is 7.99. The highest BCUT2D eigenvalue weighted by Crippen LogP contribution is 2.11. The van der Waals surface area contributed by atoms with Crippen LogP contribution in [0.5, 0.6) is 0 Å². The number of H-pyrrole nitrogens is 1. The normalized spacial score (nSPS) is 10.5. The molecule has 0 aliphatic rings. The van der Waals surface area contributed by atoms with Crippen molar-refractivity contribution in [3.63, 3.8) is 0 Å². The zero-order valence-corrected chi connectivity index (χ0v) is 18.1. The average Bonchev–Trinajstić information content (AvgIpc) is 2.77. The first-order chi connectivity index (χ1) is 15.5. The monoisotopic (exact) mass is 454 g/mol. The van der Waals surface area contributed by atoms with Crippen LogP contribution in [0.2, 0.25) is 0 Å². The lowest BCUT2D eigenvalue weighted by atomic mass is 10.1. The molecule has 0 atom stereocenters. The van der Waals surface area contributed by atoms with Crippen LogP contribution in [0.3, 0.4) is 0 Å². The highest BCUT2D eigenvalue weighted by Gasteiger charge is 2.10. The number of halogens is 1. The Morgan fingerprint density at radius 2 is 1.72 bits per heavy atom. The van der Waals surface area contributed by atoms with Gasteiger partial charge in [-0.25, -0.2) is 9.37 Å². The number of carbonyl (C=O) groups excluding carboxylic acids is 2.